The second-order valence-electron chi connectivity index (χ2n) is 11.1. The maximum absolute atomic E-state index is 14.4. The fourth-order valence-corrected chi connectivity index (χ4v) is 5.49. The Labute approximate surface area is 265 Å². The van der Waals surface area contributed by atoms with Crippen molar-refractivity contribution >= 4 is 40.6 Å². The molecule has 1 N–H and O–H groups in total. The van der Waals surface area contributed by atoms with E-state index in [0.717, 1.165) is 10.6 Å². The average Bonchev–Trinajstić information content (AvgIpc) is 3.63. The molecular weight excluding hydrogens is 588 g/mol. The first-order chi connectivity index (χ1) is 22.2. The topological polar surface area (TPSA) is 118 Å². The summed E-state index contributed by atoms with van der Waals surface area (Å²) >= 11 is 0. The molecule has 11 heteroatoms. The minimum absolute atomic E-state index is 0.00650. The first-order valence-electron chi connectivity index (χ1n) is 14.6. The van der Waals surface area contributed by atoms with E-state index in [0.29, 0.717) is 39.8 Å². The number of para-hydroxylation sites is 1. The molecule has 2 aliphatic heterocycles. The Hall–Kier alpha value is -5.84. The van der Waals surface area contributed by atoms with Gasteiger partial charge in [-0.05, 0) is 71.8 Å². The predicted octanol–water partition coefficient (Wildman–Crippen LogP) is 4.43. The van der Waals surface area contributed by atoms with Gasteiger partial charge >= 0.3 is 0 Å². The molecule has 3 amide bonds. The quantitative estimate of drug-likeness (QED) is 0.259. The van der Waals surface area contributed by atoms with Crippen molar-refractivity contribution in [2.75, 3.05) is 49.7 Å². The molecule has 0 fully saturated rings. The van der Waals surface area contributed by atoms with Crippen molar-refractivity contribution in [2.45, 2.75) is 12.6 Å². The van der Waals surface area contributed by atoms with E-state index in [2.05, 4.69) is 5.32 Å². The van der Waals surface area contributed by atoms with Crippen molar-refractivity contribution in [3.63, 3.8) is 0 Å². The zero-order chi connectivity index (χ0) is 32.4. The molecule has 6 rings (SSSR count). The Kier molecular flexibility index (Phi) is 8.30. The standard InChI is InChI=1S/C35H32N4O7/c1-37(2)25-13-11-24(12-14-25)36-34(42)32(23-10-17-29-30(18-23)46-21-45-29)39(19-22-8-15-26(44-3)16-9-22)31(40)20-38-28-7-5-4-6-27(28)33(41)35(38)43/h4-18,32H,19-21H2,1-3H3,(H,36,42). The fourth-order valence-electron chi connectivity index (χ4n) is 5.49. The summed E-state index contributed by atoms with van der Waals surface area (Å²) in [4.78, 5) is 58.9. The van der Waals surface area contributed by atoms with Gasteiger partial charge in [0.25, 0.3) is 17.6 Å². The largest absolute Gasteiger partial charge is 0.497 e. The molecule has 0 spiro atoms. The van der Waals surface area contributed by atoms with Gasteiger partial charge in [-0.25, -0.2) is 0 Å². The number of nitrogens with zero attached hydrogens (tertiary/aromatic N) is 3. The summed E-state index contributed by atoms with van der Waals surface area (Å²) in [5.74, 6) is -0.923. The van der Waals surface area contributed by atoms with Crippen LogP contribution >= 0.6 is 0 Å². The minimum Gasteiger partial charge on any atom is -0.497 e. The maximum Gasteiger partial charge on any atom is 0.299 e. The van der Waals surface area contributed by atoms with Crippen LogP contribution in [0.4, 0.5) is 17.1 Å². The highest BCUT2D eigenvalue weighted by molar-refractivity contribution is 6.52. The van der Waals surface area contributed by atoms with Crippen LogP contribution in [0.3, 0.4) is 0 Å². The molecule has 0 aliphatic carbocycles. The van der Waals surface area contributed by atoms with E-state index in [4.69, 9.17) is 14.2 Å². The van der Waals surface area contributed by atoms with Crippen molar-refractivity contribution < 1.29 is 33.4 Å². The lowest BCUT2D eigenvalue weighted by Gasteiger charge is -2.33. The number of benzene rings is 4. The van der Waals surface area contributed by atoms with E-state index in [1.54, 1.807) is 86.0 Å². The molecule has 0 bridgehead atoms. The van der Waals surface area contributed by atoms with Gasteiger partial charge in [0.15, 0.2) is 11.5 Å². The van der Waals surface area contributed by atoms with Crippen molar-refractivity contribution in [2.24, 2.45) is 0 Å². The van der Waals surface area contributed by atoms with Crippen molar-refractivity contribution in [3.05, 3.63) is 108 Å². The monoisotopic (exact) mass is 620 g/mol. The van der Waals surface area contributed by atoms with E-state index in [9.17, 15) is 19.2 Å². The molecule has 0 radical (unpaired) electrons. The highest BCUT2D eigenvalue weighted by Gasteiger charge is 2.39. The first kappa shape index (κ1) is 30.2. The number of rotatable bonds is 10. The third kappa shape index (κ3) is 5.94. The number of hydrogen-bond acceptors (Lipinski definition) is 8. The smallest absolute Gasteiger partial charge is 0.299 e. The van der Waals surface area contributed by atoms with Crippen molar-refractivity contribution in [1.29, 1.82) is 0 Å². The average molecular weight is 621 g/mol. The second kappa shape index (κ2) is 12.6. The molecule has 46 heavy (non-hydrogen) atoms. The number of carbonyl (C=O) groups excluding carboxylic acids is 4. The van der Waals surface area contributed by atoms with Gasteiger partial charge in [0.2, 0.25) is 12.7 Å². The van der Waals surface area contributed by atoms with Crippen LogP contribution in [-0.2, 0) is 20.9 Å². The molecular formula is C35H32N4O7. The molecule has 4 aromatic carbocycles. The molecule has 11 nitrogen and oxygen atoms in total. The second-order valence-corrected chi connectivity index (χ2v) is 11.1. The molecule has 0 aromatic heterocycles. The third-order valence-electron chi connectivity index (χ3n) is 7.93. The van der Waals surface area contributed by atoms with Gasteiger partial charge < -0.3 is 29.3 Å². The lowest BCUT2D eigenvalue weighted by atomic mass is 10.0. The number of Topliss-reactive ketones (excluding diaryl/α,β-unsaturated/α-hetero) is 1. The van der Waals surface area contributed by atoms with Gasteiger partial charge in [-0.1, -0.05) is 30.3 Å². The highest BCUT2D eigenvalue weighted by atomic mass is 16.7. The lowest BCUT2D eigenvalue weighted by molar-refractivity contribution is -0.139. The normalized spacial score (nSPS) is 13.7. The van der Waals surface area contributed by atoms with Crippen molar-refractivity contribution in [3.8, 4) is 17.2 Å². The van der Waals surface area contributed by atoms with Gasteiger partial charge in [0, 0.05) is 32.0 Å². The molecule has 1 unspecified atom stereocenters. The van der Waals surface area contributed by atoms with Crippen LogP contribution in [0.5, 0.6) is 17.2 Å². The zero-order valence-corrected chi connectivity index (χ0v) is 25.6. The van der Waals surface area contributed by atoms with Gasteiger partial charge in [0.05, 0.1) is 18.4 Å². The molecule has 0 saturated heterocycles. The lowest BCUT2D eigenvalue weighted by Crippen LogP contribution is -2.46. The summed E-state index contributed by atoms with van der Waals surface area (Å²) in [6.07, 6.45) is 0. The van der Waals surface area contributed by atoms with E-state index in [1.165, 1.54) is 4.90 Å². The van der Waals surface area contributed by atoms with Crippen LogP contribution < -0.4 is 29.3 Å². The molecule has 2 heterocycles. The Morgan fingerprint density at radius 2 is 1.63 bits per heavy atom. The van der Waals surface area contributed by atoms with Gasteiger partial charge in [-0.2, -0.15) is 0 Å². The fraction of sp³-hybridized carbons (Fsp3) is 0.200. The summed E-state index contributed by atoms with van der Waals surface area (Å²) < 4.78 is 16.4. The Morgan fingerprint density at radius 3 is 2.35 bits per heavy atom. The minimum atomic E-state index is -1.17. The zero-order valence-electron chi connectivity index (χ0n) is 25.6. The van der Waals surface area contributed by atoms with Gasteiger partial charge in [-0.3, -0.25) is 24.1 Å². The predicted molar refractivity (Wildman–Crippen MR) is 171 cm³/mol. The summed E-state index contributed by atoms with van der Waals surface area (Å²) in [6.45, 7) is -0.414. The first-order valence-corrected chi connectivity index (χ1v) is 14.6. The summed E-state index contributed by atoms with van der Waals surface area (Å²) in [6, 6.07) is 24.9. The molecule has 2 aliphatic rings. The molecule has 1 atom stereocenters. The van der Waals surface area contributed by atoms with Crippen LogP contribution in [0.2, 0.25) is 0 Å². The summed E-state index contributed by atoms with van der Waals surface area (Å²) in [5, 5.41) is 2.96. The third-order valence-corrected chi connectivity index (χ3v) is 7.93. The number of ether oxygens (including phenoxy) is 3. The summed E-state index contributed by atoms with van der Waals surface area (Å²) in [7, 11) is 5.40. The molecule has 234 valence electrons. The van der Waals surface area contributed by atoms with E-state index in [1.807, 2.05) is 31.1 Å². The van der Waals surface area contributed by atoms with Crippen molar-refractivity contribution in [1.82, 2.24) is 4.90 Å². The number of fused-ring (bicyclic) bond motifs is 2. The van der Waals surface area contributed by atoms with Crippen LogP contribution in [-0.4, -0.2) is 62.9 Å². The number of methoxy groups -OCH3 is 1. The highest BCUT2D eigenvalue weighted by Crippen LogP contribution is 2.37. The number of anilines is 3. The Bertz CT molecular complexity index is 1800. The Morgan fingerprint density at radius 1 is 0.913 bits per heavy atom. The molecule has 4 aromatic rings. The SMILES string of the molecule is COc1ccc(CN(C(=O)CN2C(=O)C(=O)c3ccccc32)C(C(=O)Nc2ccc(N(C)C)cc2)c2ccc3c(c2)OCO3)cc1. The molecule has 0 saturated carbocycles. The van der Waals surface area contributed by atoms with Gasteiger partial charge in [-0.15, -0.1) is 0 Å². The van der Waals surface area contributed by atoms with Crippen LogP contribution in [0.1, 0.15) is 27.5 Å². The van der Waals surface area contributed by atoms with Crippen LogP contribution in [0, 0.1) is 0 Å². The van der Waals surface area contributed by atoms with E-state index in [-0.39, 0.29) is 18.9 Å². The maximum atomic E-state index is 14.4. The Balaban J connectivity index is 1.40. The number of carbonyl (C=O) groups is 4. The number of hydrogen-bond donors (Lipinski definition) is 1. The number of ketones is 1. The number of nitrogens with one attached hydrogen (secondary N) is 1. The van der Waals surface area contributed by atoms with Crippen LogP contribution in [0.25, 0.3) is 0 Å². The van der Waals surface area contributed by atoms with E-state index >= 15 is 0 Å². The summed E-state index contributed by atoms with van der Waals surface area (Å²) in [5.41, 5.74) is 3.25. The van der Waals surface area contributed by atoms with Crippen LogP contribution in [0.15, 0.2) is 91.0 Å². The van der Waals surface area contributed by atoms with Gasteiger partial charge in [0.1, 0.15) is 18.3 Å². The number of amides is 3. The van der Waals surface area contributed by atoms with E-state index < -0.39 is 36.1 Å².